The van der Waals surface area contributed by atoms with Crippen molar-refractivity contribution in [1.29, 1.82) is 0 Å². The van der Waals surface area contributed by atoms with Gasteiger partial charge in [-0.25, -0.2) is 4.39 Å². The van der Waals surface area contributed by atoms with E-state index < -0.39 is 11.7 Å². The van der Waals surface area contributed by atoms with Crippen molar-refractivity contribution < 1.29 is 13.9 Å². The van der Waals surface area contributed by atoms with Gasteiger partial charge in [0.1, 0.15) is 18.2 Å². The zero-order chi connectivity index (χ0) is 18.2. The predicted octanol–water partition coefficient (Wildman–Crippen LogP) is 5.06. The van der Waals surface area contributed by atoms with Gasteiger partial charge >= 0.3 is 0 Å². The van der Waals surface area contributed by atoms with Crippen LogP contribution in [-0.4, -0.2) is 5.91 Å². The van der Waals surface area contributed by atoms with Crippen molar-refractivity contribution in [3.8, 4) is 5.75 Å². The molecule has 26 heavy (non-hydrogen) atoms. The number of halogens is 1. The summed E-state index contributed by atoms with van der Waals surface area (Å²) in [7, 11) is 0. The maximum Gasteiger partial charge on any atom is 0.248 e. The molecule has 0 aromatic heterocycles. The van der Waals surface area contributed by atoms with Crippen LogP contribution in [-0.2, 0) is 11.4 Å². The fraction of sp³-hybridized carbons (Fsp3) is 0.0455. The Morgan fingerprint density at radius 3 is 2.54 bits per heavy atom. The highest BCUT2D eigenvalue weighted by molar-refractivity contribution is 6.02. The van der Waals surface area contributed by atoms with E-state index in [1.165, 1.54) is 18.2 Å². The third-order valence-electron chi connectivity index (χ3n) is 3.67. The van der Waals surface area contributed by atoms with E-state index in [0.29, 0.717) is 12.4 Å². The van der Waals surface area contributed by atoms with Crippen LogP contribution in [0.5, 0.6) is 5.75 Å². The molecule has 130 valence electrons. The van der Waals surface area contributed by atoms with E-state index in [1.54, 1.807) is 18.2 Å². The second-order valence-corrected chi connectivity index (χ2v) is 5.65. The van der Waals surface area contributed by atoms with E-state index in [-0.39, 0.29) is 5.69 Å². The first-order chi connectivity index (χ1) is 12.7. The van der Waals surface area contributed by atoms with Gasteiger partial charge in [-0.1, -0.05) is 54.6 Å². The van der Waals surface area contributed by atoms with Crippen molar-refractivity contribution in [2.75, 3.05) is 5.32 Å². The largest absolute Gasteiger partial charge is 0.489 e. The van der Waals surface area contributed by atoms with E-state index in [9.17, 15) is 9.18 Å². The number of carbonyl (C=O) groups is 1. The molecular weight excluding hydrogens is 329 g/mol. The van der Waals surface area contributed by atoms with Gasteiger partial charge in [-0.2, -0.15) is 0 Å². The molecule has 3 rings (SSSR count). The molecule has 3 aromatic carbocycles. The maximum atomic E-state index is 13.5. The van der Waals surface area contributed by atoms with Crippen LogP contribution in [0.25, 0.3) is 6.08 Å². The van der Waals surface area contributed by atoms with Crippen LogP contribution in [0.2, 0.25) is 0 Å². The van der Waals surface area contributed by atoms with E-state index in [0.717, 1.165) is 11.1 Å². The Kier molecular flexibility index (Phi) is 5.78. The number of rotatable bonds is 6. The Morgan fingerprint density at radius 1 is 0.962 bits per heavy atom. The normalized spacial score (nSPS) is 10.7. The van der Waals surface area contributed by atoms with Gasteiger partial charge in [0.15, 0.2) is 0 Å². The van der Waals surface area contributed by atoms with Crippen LogP contribution in [0.1, 0.15) is 11.1 Å². The second-order valence-electron chi connectivity index (χ2n) is 5.65. The van der Waals surface area contributed by atoms with Crippen molar-refractivity contribution in [3.05, 3.63) is 102 Å². The van der Waals surface area contributed by atoms with Crippen LogP contribution < -0.4 is 10.1 Å². The van der Waals surface area contributed by atoms with E-state index >= 15 is 0 Å². The maximum absolute atomic E-state index is 13.5. The quantitative estimate of drug-likeness (QED) is 0.633. The molecule has 1 amide bonds. The number of carbonyl (C=O) groups excluding carboxylic acids is 1. The van der Waals surface area contributed by atoms with Crippen molar-refractivity contribution in [2.24, 2.45) is 0 Å². The molecule has 1 N–H and O–H groups in total. The first-order valence-electron chi connectivity index (χ1n) is 8.21. The summed E-state index contributed by atoms with van der Waals surface area (Å²) in [5.74, 6) is -0.151. The molecule has 0 unspecified atom stereocenters. The Labute approximate surface area is 151 Å². The van der Waals surface area contributed by atoms with Crippen molar-refractivity contribution in [3.63, 3.8) is 0 Å². The lowest BCUT2D eigenvalue weighted by Gasteiger charge is -2.07. The summed E-state index contributed by atoms with van der Waals surface area (Å²) in [6, 6.07) is 23.4. The Bertz CT molecular complexity index is 907. The van der Waals surface area contributed by atoms with Gasteiger partial charge < -0.3 is 10.1 Å². The molecule has 0 aliphatic rings. The van der Waals surface area contributed by atoms with Crippen LogP contribution in [0.4, 0.5) is 10.1 Å². The monoisotopic (exact) mass is 347 g/mol. The number of para-hydroxylation sites is 1. The Morgan fingerprint density at radius 2 is 1.73 bits per heavy atom. The SMILES string of the molecule is O=C(/C=C/c1cccc(OCc2ccccc2)c1)Nc1ccccc1F. The van der Waals surface area contributed by atoms with Crippen molar-refractivity contribution in [1.82, 2.24) is 0 Å². The van der Waals surface area contributed by atoms with Gasteiger partial charge in [0.05, 0.1) is 5.69 Å². The molecule has 0 aliphatic heterocycles. The van der Waals surface area contributed by atoms with Gasteiger partial charge in [-0.3, -0.25) is 4.79 Å². The van der Waals surface area contributed by atoms with Gasteiger partial charge in [0.2, 0.25) is 5.91 Å². The lowest BCUT2D eigenvalue weighted by molar-refractivity contribution is -0.111. The standard InChI is InChI=1S/C22H18FNO2/c23-20-11-4-5-12-21(20)24-22(25)14-13-17-9-6-10-19(15-17)26-16-18-7-2-1-3-8-18/h1-15H,16H2,(H,24,25)/b14-13+. The van der Waals surface area contributed by atoms with Crippen LogP contribution in [0.3, 0.4) is 0 Å². The molecule has 3 nitrogen and oxygen atoms in total. The zero-order valence-electron chi connectivity index (χ0n) is 14.1. The molecule has 0 radical (unpaired) electrons. The highest BCUT2D eigenvalue weighted by atomic mass is 19.1. The molecule has 3 aromatic rings. The van der Waals surface area contributed by atoms with Gasteiger partial charge in [-0.15, -0.1) is 0 Å². The van der Waals surface area contributed by atoms with E-state index in [2.05, 4.69) is 5.32 Å². The number of hydrogen-bond donors (Lipinski definition) is 1. The summed E-state index contributed by atoms with van der Waals surface area (Å²) in [5.41, 5.74) is 2.05. The fourth-order valence-electron chi connectivity index (χ4n) is 2.36. The smallest absolute Gasteiger partial charge is 0.248 e. The molecule has 0 saturated carbocycles. The minimum atomic E-state index is -0.467. The average Bonchev–Trinajstić information content (AvgIpc) is 2.68. The van der Waals surface area contributed by atoms with Gasteiger partial charge in [0, 0.05) is 6.08 Å². The summed E-state index contributed by atoms with van der Waals surface area (Å²) in [4.78, 5) is 11.9. The molecule has 0 atom stereocenters. The van der Waals surface area contributed by atoms with Crippen molar-refractivity contribution in [2.45, 2.75) is 6.61 Å². The lowest BCUT2D eigenvalue weighted by atomic mass is 10.2. The average molecular weight is 347 g/mol. The fourth-order valence-corrected chi connectivity index (χ4v) is 2.36. The number of hydrogen-bond acceptors (Lipinski definition) is 2. The molecule has 0 spiro atoms. The molecule has 0 saturated heterocycles. The minimum absolute atomic E-state index is 0.155. The molecular formula is C22H18FNO2. The minimum Gasteiger partial charge on any atom is -0.489 e. The topological polar surface area (TPSA) is 38.3 Å². The lowest BCUT2D eigenvalue weighted by Crippen LogP contribution is -2.08. The number of benzene rings is 3. The highest BCUT2D eigenvalue weighted by Crippen LogP contribution is 2.17. The number of amides is 1. The summed E-state index contributed by atoms with van der Waals surface area (Å²) < 4.78 is 19.3. The van der Waals surface area contributed by atoms with Crippen LogP contribution in [0.15, 0.2) is 84.9 Å². The summed E-state index contributed by atoms with van der Waals surface area (Å²) >= 11 is 0. The van der Waals surface area contributed by atoms with Gasteiger partial charge in [-0.05, 0) is 41.5 Å². The predicted molar refractivity (Wildman–Crippen MR) is 101 cm³/mol. The van der Waals surface area contributed by atoms with Gasteiger partial charge in [0.25, 0.3) is 0 Å². The molecule has 4 heteroatoms. The highest BCUT2D eigenvalue weighted by Gasteiger charge is 2.03. The van der Waals surface area contributed by atoms with E-state index in [4.69, 9.17) is 4.74 Å². The number of anilines is 1. The summed E-state index contributed by atoms with van der Waals surface area (Å²) in [5, 5.41) is 2.51. The third-order valence-corrected chi connectivity index (χ3v) is 3.67. The summed E-state index contributed by atoms with van der Waals surface area (Å²) in [6.45, 7) is 0.474. The molecule has 0 aliphatic carbocycles. The molecule has 0 bridgehead atoms. The Hall–Kier alpha value is -3.40. The van der Waals surface area contributed by atoms with Crippen LogP contribution >= 0.6 is 0 Å². The Balaban J connectivity index is 1.60. The van der Waals surface area contributed by atoms with E-state index in [1.807, 2.05) is 54.6 Å². The van der Waals surface area contributed by atoms with Crippen molar-refractivity contribution >= 4 is 17.7 Å². The third kappa shape index (κ3) is 5.05. The first kappa shape index (κ1) is 17.4. The summed E-state index contributed by atoms with van der Waals surface area (Å²) in [6.07, 6.45) is 3.02. The number of ether oxygens (including phenoxy) is 1. The molecule has 0 fully saturated rings. The van der Waals surface area contributed by atoms with Crippen LogP contribution in [0, 0.1) is 5.82 Å². The molecule has 0 heterocycles. The first-order valence-corrected chi connectivity index (χ1v) is 8.21. The number of nitrogens with one attached hydrogen (secondary N) is 1. The zero-order valence-corrected chi connectivity index (χ0v) is 14.1. The second kappa shape index (κ2) is 8.62.